The third-order valence-electron chi connectivity index (χ3n) is 4.68. The lowest BCUT2D eigenvalue weighted by Gasteiger charge is -2.16. The van der Waals surface area contributed by atoms with Gasteiger partial charge in [-0.15, -0.1) is 11.8 Å². The maximum absolute atomic E-state index is 12.7. The molecule has 0 unspecified atom stereocenters. The fourth-order valence-electron chi connectivity index (χ4n) is 2.76. The second-order valence-electron chi connectivity index (χ2n) is 7.64. The summed E-state index contributed by atoms with van der Waals surface area (Å²) in [5.74, 6) is -1.00. The Labute approximate surface area is 215 Å². The quantitative estimate of drug-likeness (QED) is 0.343. The molecule has 4 N–H and O–H groups in total. The first-order chi connectivity index (χ1) is 16.8. The lowest BCUT2D eigenvalue weighted by Crippen LogP contribution is -2.24. The maximum Gasteiger partial charge on any atom is 0.416 e. The van der Waals surface area contributed by atoms with E-state index in [9.17, 15) is 22.8 Å². The first kappa shape index (κ1) is 28.8. The Hall–Kier alpha value is -3.44. The normalized spacial score (nSPS) is 12.6. The van der Waals surface area contributed by atoms with E-state index < -0.39 is 30.0 Å². The minimum absolute atomic E-state index is 0.0672. The van der Waals surface area contributed by atoms with E-state index in [0.29, 0.717) is 16.5 Å². The zero-order valence-electron chi connectivity index (χ0n) is 19.4. The van der Waals surface area contributed by atoms with E-state index in [1.807, 2.05) is 0 Å². The third-order valence-corrected chi connectivity index (χ3v) is 5.90. The predicted molar refractivity (Wildman–Crippen MR) is 137 cm³/mol. The fraction of sp³-hybridized carbons (Fsp3) is 0.208. The van der Waals surface area contributed by atoms with E-state index in [1.165, 1.54) is 16.7 Å². The fourth-order valence-corrected chi connectivity index (χ4v) is 3.76. The van der Waals surface area contributed by atoms with Crippen LogP contribution in [0.1, 0.15) is 27.9 Å². The molecule has 0 radical (unpaired) electrons. The number of amides is 1. The molecule has 1 amide bonds. The van der Waals surface area contributed by atoms with E-state index in [4.69, 9.17) is 22.4 Å². The van der Waals surface area contributed by atoms with Crippen molar-refractivity contribution < 1.29 is 27.9 Å². The smallest absolute Gasteiger partial charge is 0.416 e. The lowest BCUT2D eigenvalue weighted by atomic mass is 10.1. The molecule has 0 bridgehead atoms. The van der Waals surface area contributed by atoms with Crippen LogP contribution < -0.4 is 11.1 Å². The van der Waals surface area contributed by atoms with Crippen molar-refractivity contribution in [3.8, 4) is 0 Å². The number of alkyl halides is 3. The summed E-state index contributed by atoms with van der Waals surface area (Å²) in [5, 5.41) is 12.0. The summed E-state index contributed by atoms with van der Waals surface area (Å²) in [6.07, 6.45) is -4.87. The van der Waals surface area contributed by atoms with Crippen molar-refractivity contribution in [3.63, 3.8) is 0 Å². The van der Waals surface area contributed by atoms with Gasteiger partial charge in [0.2, 0.25) is 0 Å². The van der Waals surface area contributed by atoms with Crippen LogP contribution in [0.3, 0.4) is 0 Å². The zero-order chi connectivity index (χ0) is 27.0. The summed E-state index contributed by atoms with van der Waals surface area (Å²) in [7, 11) is 3.31. The van der Waals surface area contributed by atoms with Crippen LogP contribution in [-0.2, 0) is 16.7 Å². The number of carboxylic acid groups (broad SMARTS) is 1. The number of aliphatic imine (C=N–C) groups is 1. The molecule has 36 heavy (non-hydrogen) atoms. The Morgan fingerprint density at radius 2 is 1.72 bits per heavy atom. The minimum Gasteiger partial charge on any atom is -0.481 e. The molecule has 0 aliphatic rings. The molecule has 2 rings (SSSR count). The molecule has 0 fully saturated rings. The molecule has 0 spiro atoms. The molecule has 0 atom stereocenters. The number of thioether (sulfide) groups is 1. The summed E-state index contributed by atoms with van der Waals surface area (Å²) < 4.78 is 38.0. The van der Waals surface area contributed by atoms with Gasteiger partial charge in [-0.05, 0) is 42.0 Å². The Balaban J connectivity index is 1.98. The van der Waals surface area contributed by atoms with Gasteiger partial charge in [-0.1, -0.05) is 30.3 Å². The van der Waals surface area contributed by atoms with Crippen LogP contribution in [0.5, 0.6) is 0 Å². The van der Waals surface area contributed by atoms with Crippen molar-refractivity contribution in [1.82, 2.24) is 4.90 Å². The Morgan fingerprint density at radius 1 is 1.14 bits per heavy atom. The van der Waals surface area contributed by atoms with E-state index in [-0.39, 0.29) is 22.1 Å². The topological polar surface area (TPSA) is 108 Å². The van der Waals surface area contributed by atoms with Crippen LogP contribution in [0, 0.1) is 0 Å². The predicted octanol–water partition coefficient (Wildman–Crippen LogP) is 5.51. The Kier molecular flexibility index (Phi) is 10.00. The highest BCUT2D eigenvalue weighted by Gasteiger charge is 2.30. The van der Waals surface area contributed by atoms with Crippen LogP contribution >= 0.6 is 23.4 Å². The van der Waals surface area contributed by atoms with Crippen molar-refractivity contribution in [2.45, 2.75) is 18.3 Å². The number of carbonyl (C=O) groups is 2. The van der Waals surface area contributed by atoms with Gasteiger partial charge in [0, 0.05) is 36.7 Å². The van der Waals surface area contributed by atoms with Crippen molar-refractivity contribution in [3.05, 3.63) is 88.2 Å². The average molecular weight is 541 g/mol. The van der Waals surface area contributed by atoms with Crippen LogP contribution in [-0.4, -0.2) is 41.1 Å². The first-order valence-electron chi connectivity index (χ1n) is 10.3. The van der Waals surface area contributed by atoms with Gasteiger partial charge < -0.3 is 21.1 Å². The highest BCUT2D eigenvalue weighted by Crippen LogP contribution is 2.29. The van der Waals surface area contributed by atoms with Gasteiger partial charge in [0.15, 0.2) is 0 Å². The number of halogens is 4. The molecule has 0 heterocycles. The van der Waals surface area contributed by atoms with Crippen molar-refractivity contribution in [1.29, 1.82) is 0 Å². The molecule has 0 aliphatic heterocycles. The average Bonchev–Trinajstić information content (AvgIpc) is 2.80. The molecular formula is C24H24ClF3N4O3S. The number of rotatable bonds is 10. The Bertz CT molecular complexity index is 1180. The Morgan fingerprint density at radius 3 is 2.22 bits per heavy atom. The number of benzene rings is 2. The number of anilines is 1. The van der Waals surface area contributed by atoms with Crippen molar-refractivity contribution in [2.24, 2.45) is 10.7 Å². The van der Waals surface area contributed by atoms with Crippen LogP contribution in [0.25, 0.3) is 0 Å². The van der Waals surface area contributed by atoms with Gasteiger partial charge >= 0.3 is 12.1 Å². The lowest BCUT2D eigenvalue weighted by molar-refractivity contribution is -0.138. The van der Waals surface area contributed by atoms with Gasteiger partial charge in [-0.3, -0.25) is 9.59 Å². The number of aliphatic carboxylic acids is 1. The van der Waals surface area contributed by atoms with Crippen molar-refractivity contribution >= 4 is 46.1 Å². The van der Waals surface area contributed by atoms with Crippen LogP contribution in [0.2, 0.25) is 0 Å². The number of hydrogen-bond donors (Lipinski definition) is 3. The van der Waals surface area contributed by atoms with Gasteiger partial charge in [-0.25, -0.2) is 4.99 Å². The number of carboxylic acids is 1. The number of hydrogen-bond acceptors (Lipinski definition) is 6. The largest absolute Gasteiger partial charge is 0.481 e. The van der Waals surface area contributed by atoms with E-state index in [2.05, 4.69) is 16.9 Å². The van der Waals surface area contributed by atoms with Gasteiger partial charge in [0.25, 0.3) is 5.91 Å². The number of carbonyl (C=O) groups excluding carboxylic acids is 1. The molecule has 12 heteroatoms. The SMILES string of the molecule is C=C(/N=C(Cl)\C(CC(=O)O)=C(/N)N(C)C)SCc1ccc(NC(=O)c2ccc(C(F)(F)F)cc2)cc1. The summed E-state index contributed by atoms with van der Waals surface area (Å²) in [5.41, 5.74) is 6.70. The molecule has 0 aromatic heterocycles. The van der Waals surface area contributed by atoms with Gasteiger partial charge in [-0.2, -0.15) is 13.2 Å². The molecule has 192 valence electrons. The number of nitrogens with zero attached hydrogens (tertiary/aromatic N) is 2. The van der Waals surface area contributed by atoms with E-state index >= 15 is 0 Å². The van der Waals surface area contributed by atoms with E-state index in [1.54, 1.807) is 38.4 Å². The molecule has 7 nitrogen and oxygen atoms in total. The van der Waals surface area contributed by atoms with Crippen LogP contribution in [0.4, 0.5) is 18.9 Å². The summed E-state index contributed by atoms with van der Waals surface area (Å²) >= 11 is 7.47. The van der Waals surface area contributed by atoms with Gasteiger partial charge in [0.1, 0.15) is 11.0 Å². The van der Waals surface area contributed by atoms with Gasteiger partial charge in [0.05, 0.1) is 17.0 Å². The minimum atomic E-state index is -4.47. The monoisotopic (exact) mass is 540 g/mol. The van der Waals surface area contributed by atoms with E-state index in [0.717, 1.165) is 29.8 Å². The third kappa shape index (κ3) is 8.65. The van der Waals surface area contributed by atoms with Crippen molar-refractivity contribution in [2.75, 3.05) is 19.4 Å². The zero-order valence-corrected chi connectivity index (χ0v) is 21.0. The number of nitrogens with one attached hydrogen (secondary N) is 1. The highest BCUT2D eigenvalue weighted by atomic mass is 35.5. The summed E-state index contributed by atoms with van der Waals surface area (Å²) in [4.78, 5) is 29.1. The molecular weight excluding hydrogens is 517 g/mol. The molecule has 2 aromatic rings. The summed E-state index contributed by atoms with van der Waals surface area (Å²) in [6.45, 7) is 3.83. The number of nitrogens with two attached hydrogens (primary N) is 1. The van der Waals surface area contributed by atoms with Crippen LogP contribution in [0.15, 0.2) is 76.5 Å². The second kappa shape index (κ2) is 12.5. The molecule has 0 saturated carbocycles. The molecule has 0 saturated heterocycles. The maximum atomic E-state index is 12.7. The highest BCUT2D eigenvalue weighted by molar-refractivity contribution is 8.02. The second-order valence-corrected chi connectivity index (χ2v) is 9.05. The standard InChI is InChI=1S/C24H24ClF3N4O3S/c1-14(30-21(25)19(12-20(33)34)22(29)32(2)3)36-13-15-4-10-18(11-5-15)31-23(35)16-6-8-17(9-7-16)24(26,27)28/h4-11H,1,12-13,29H2,2-3H3,(H,31,35)(H,33,34)/b22-19+,30-21+. The summed E-state index contributed by atoms with van der Waals surface area (Å²) in [6, 6.07) is 10.8. The molecule has 2 aromatic carbocycles. The molecule has 0 aliphatic carbocycles. The first-order valence-corrected chi connectivity index (χ1v) is 11.7.